The zero-order valence-corrected chi connectivity index (χ0v) is 12.6. The van der Waals surface area contributed by atoms with Crippen LogP contribution in [0.5, 0.6) is 0 Å². The van der Waals surface area contributed by atoms with Gasteiger partial charge in [-0.15, -0.1) is 0 Å². The average Bonchev–Trinajstić information content (AvgIpc) is 2.43. The van der Waals surface area contributed by atoms with Gasteiger partial charge in [-0.1, -0.05) is 26.8 Å². The molecule has 1 atom stereocenters. The second kappa shape index (κ2) is 7.58. The minimum Gasteiger partial charge on any atom is -0.383 e. The van der Waals surface area contributed by atoms with E-state index in [4.69, 9.17) is 10.5 Å². The van der Waals surface area contributed by atoms with E-state index in [9.17, 15) is 0 Å². The number of pyridine rings is 1. The predicted octanol–water partition coefficient (Wildman–Crippen LogP) is 1.90. The lowest BCUT2D eigenvalue weighted by Crippen LogP contribution is -2.60. The highest BCUT2D eigenvalue weighted by Crippen LogP contribution is 2.26. The van der Waals surface area contributed by atoms with Gasteiger partial charge in [0.2, 0.25) is 0 Å². The SMILES string of the molecule is CCN(Cc1ccccn1)C(CN)(COC)C(C)C. The van der Waals surface area contributed by atoms with E-state index in [1.807, 2.05) is 18.3 Å². The lowest BCUT2D eigenvalue weighted by atomic mass is 9.85. The van der Waals surface area contributed by atoms with Crippen LogP contribution in [-0.2, 0) is 11.3 Å². The summed E-state index contributed by atoms with van der Waals surface area (Å²) in [5.74, 6) is 0.418. The largest absolute Gasteiger partial charge is 0.383 e. The van der Waals surface area contributed by atoms with Crippen LogP contribution >= 0.6 is 0 Å². The summed E-state index contributed by atoms with van der Waals surface area (Å²) in [4.78, 5) is 6.79. The molecule has 1 aromatic heterocycles. The number of hydrogen-bond donors (Lipinski definition) is 1. The standard InChI is InChI=1S/C15H27N3O/c1-5-18(10-14-8-6-7-9-17-14)15(11-16,12-19-4)13(2)3/h6-9,13H,5,10-12,16H2,1-4H3. The van der Waals surface area contributed by atoms with E-state index >= 15 is 0 Å². The molecule has 0 radical (unpaired) electrons. The number of hydrogen-bond acceptors (Lipinski definition) is 4. The Morgan fingerprint density at radius 3 is 2.58 bits per heavy atom. The van der Waals surface area contributed by atoms with E-state index in [1.165, 1.54) is 0 Å². The highest BCUT2D eigenvalue weighted by molar-refractivity contribution is 5.05. The van der Waals surface area contributed by atoms with Gasteiger partial charge in [0.15, 0.2) is 0 Å². The van der Waals surface area contributed by atoms with Gasteiger partial charge in [-0.25, -0.2) is 0 Å². The first-order chi connectivity index (χ1) is 9.10. The van der Waals surface area contributed by atoms with Crippen molar-refractivity contribution in [1.29, 1.82) is 0 Å². The Labute approximate surface area is 117 Å². The molecule has 2 N–H and O–H groups in total. The molecule has 0 aliphatic heterocycles. The number of ether oxygens (including phenoxy) is 1. The summed E-state index contributed by atoms with van der Waals surface area (Å²) in [5.41, 5.74) is 7.01. The van der Waals surface area contributed by atoms with Crippen LogP contribution in [0.4, 0.5) is 0 Å². The minimum atomic E-state index is -0.138. The molecule has 0 aliphatic rings. The molecule has 1 rings (SSSR count). The minimum absolute atomic E-state index is 0.138. The van der Waals surface area contributed by atoms with E-state index in [0.717, 1.165) is 18.8 Å². The lowest BCUT2D eigenvalue weighted by molar-refractivity contribution is -0.0191. The van der Waals surface area contributed by atoms with E-state index in [-0.39, 0.29) is 5.54 Å². The highest BCUT2D eigenvalue weighted by atomic mass is 16.5. The Hall–Kier alpha value is -0.970. The molecule has 0 aromatic carbocycles. The molecule has 0 saturated carbocycles. The molecule has 0 spiro atoms. The molecule has 1 heterocycles. The van der Waals surface area contributed by atoms with Crippen molar-refractivity contribution in [1.82, 2.24) is 9.88 Å². The Bertz CT molecular complexity index is 356. The van der Waals surface area contributed by atoms with Gasteiger partial charge >= 0.3 is 0 Å². The highest BCUT2D eigenvalue weighted by Gasteiger charge is 2.38. The normalized spacial score (nSPS) is 14.9. The fourth-order valence-electron chi connectivity index (χ4n) is 2.57. The number of methoxy groups -OCH3 is 1. The summed E-state index contributed by atoms with van der Waals surface area (Å²) in [6, 6.07) is 6.01. The van der Waals surface area contributed by atoms with Gasteiger partial charge in [-0.3, -0.25) is 9.88 Å². The van der Waals surface area contributed by atoms with Crippen molar-refractivity contribution in [2.45, 2.75) is 32.9 Å². The van der Waals surface area contributed by atoms with Crippen molar-refractivity contribution in [2.75, 3.05) is 26.8 Å². The second-order valence-corrected chi connectivity index (χ2v) is 5.23. The summed E-state index contributed by atoms with van der Waals surface area (Å²) in [6.45, 7) is 9.51. The van der Waals surface area contributed by atoms with Crippen molar-refractivity contribution in [3.8, 4) is 0 Å². The average molecular weight is 265 g/mol. The van der Waals surface area contributed by atoms with Crippen molar-refractivity contribution in [3.05, 3.63) is 30.1 Å². The van der Waals surface area contributed by atoms with E-state index in [0.29, 0.717) is 19.1 Å². The molecule has 1 unspecified atom stereocenters. The molecule has 1 aromatic rings. The van der Waals surface area contributed by atoms with Crippen molar-refractivity contribution in [3.63, 3.8) is 0 Å². The van der Waals surface area contributed by atoms with Crippen LogP contribution in [0.1, 0.15) is 26.5 Å². The van der Waals surface area contributed by atoms with Crippen LogP contribution in [0.3, 0.4) is 0 Å². The summed E-state index contributed by atoms with van der Waals surface area (Å²) < 4.78 is 5.44. The Morgan fingerprint density at radius 1 is 1.42 bits per heavy atom. The maximum Gasteiger partial charge on any atom is 0.0661 e. The van der Waals surface area contributed by atoms with Crippen LogP contribution < -0.4 is 5.73 Å². The molecular formula is C15H27N3O. The smallest absolute Gasteiger partial charge is 0.0661 e. The van der Waals surface area contributed by atoms with Gasteiger partial charge in [0.25, 0.3) is 0 Å². The molecule has 0 amide bonds. The summed E-state index contributed by atoms with van der Waals surface area (Å²) in [5, 5.41) is 0. The summed E-state index contributed by atoms with van der Waals surface area (Å²) >= 11 is 0. The van der Waals surface area contributed by atoms with Crippen LogP contribution in [0.2, 0.25) is 0 Å². The molecule has 19 heavy (non-hydrogen) atoms. The zero-order chi connectivity index (χ0) is 14.3. The fraction of sp³-hybridized carbons (Fsp3) is 0.667. The van der Waals surface area contributed by atoms with Crippen LogP contribution in [-0.4, -0.2) is 42.2 Å². The van der Waals surface area contributed by atoms with Crippen molar-refractivity contribution in [2.24, 2.45) is 11.7 Å². The second-order valence-electron chi connectivity index (χ2n) is 5.23. The first kappa shape index (κ1) is 16.1. The number of nitrogens with zero attached hydrogens (tertiary/aromatic N) is 2. The predicted molar refractivity (Wildman–Crippen MR) is 78.8 cm³/mol. The first-order valence-electron chi connectivity index (χ1n) is 6.94. The topological polar surface area (TPSA) is 51.4 Å². The van der Waals surface area contributed by atoms with Gasteiger partial charge < -0.3 is 10.5 Å². The monoisotopic (exact) mass is 265 g/mol. The molecule has 108 valence electrons. The molecule has 0 bridgehead atoms. The van der Waals surface area contributed by atoms with Gasteiger partial charge in [0, 0.05) is 26.4 Å². The first-order valence-corrected chi connectivity index (χ1v) is 6.94. The maximum atomic E-state index is 6.08. The lowest BCUT2D eigenvalue weighted by Gasteiger charge is -2.45. The van der Waals surface area contributed by atoms with Gasteiger partial charge in [-0.05, 0) is 24.6 Å². The van der Waals surface area contributed by atoms with Crippen LogP contribution in [0, 0.1) is 5.92 Å². The molecule has 0 saturated heterocycles. The van der Waals surface area contributed by atoms with Gasteiger partial charge in [-0.2, -0.15) is 0 Å². The number of likely N-dealkylation sites (N-methyl/N-ethyl adjacent to an activating group) is 1. The van der Waals surface area contributed by atoms with E-state index < -0.39 is 0 Å². The Kier molecular flexibility index (Phi) is 6.42. The quantitative estimate of drug-likeness (QED) is 0.780. The fourth-order valence-corrected chi connectivity index (χ4v) is 2.57. The van der Waals surface area contributed by atoms with Gasteiger partial charge in [0.1, 0.15) is 0 Å². The van der Waals surface area contributed by atoms with Crippen molar-refractivity contribution >= 4 is 0 Å². The zero-order valence-electron chi connectivity index (χ0n) is 12.6. The number of rotatable bonds is 8. The molecule has 0 aliphatic carbocycles. The summed E-state index contributed by atoms with van der Waals surface area (Å²) in [7, 11) is 1.74. The third-order valence-electron chi connectivity index (χ3n) is 3.91. The van der Waals surface area contributed by atoms with E-state index in [1.54, 1.807) is 7.11 Å². The maximum absolute atomic E-state index is 6.08. The van der Waals surface area contributed by atoms with Gasteiger partial charge in [0.05, 0.1) is 17.8 Å². The molecule has 4 heteroatoms. The van der Waals surface area contributed by atoms with Crippen LogP contribution in [0.15, 0.2) is 24.4 Å². The molecule has 4 nitrogen and oxygen atoms in total. The summed E-state index contributed by atoms with van der Waals surface area (Å²) in [6.07, 6.45) is 1.83. The molecular weight excluding hydrogens is 238 g/mol. The van der Waals surface area contributed by atoms with Crippen molar-refractivity contribution < 1.29 is 4.74 Å². The van der Waals surface area contributed by atoms with E-state index in [2.05, 4.69) is 36.7 Å². The third-order valence-corrected chi connectivity index (χ3v) is 3.91. The number of aromatic nitrogens is 1. The van der Waals surface area contributed by atoms with Crippen LogP contribution in [0.25, 0.3) is 0 Å². The Morgan fingerprint density at radius 2 is 2.16 bits per heavy atom. The third kappa shape index (κ3) is 3.75. The number of nitrogens with two attached hydrogens (primary N) is 1. The Balaban J connectivity index is 2.96. The molecule has 0 fully saturated rings.